The minimum atomic E-state index is 0.548. The molecule has 3 heteroatoms. The molecule has 0 unspecified atom stereocenters. The van der Waals surface area contributed by atoms with E-state index in [1.807, 2.05) is 43.3 Å². The van der Waals surface area contributed by atoms with Crippen molar-refractivity contribution in [2.75, 3.05) is 12.3 Å². The predicted octanol–water partition coefficient (Wildman–Crippen LogP) is 2.77. The second-order valence-corrected chi connectivity index (χ2v) is 3.43. The highest BCUT2D eigenvalue weighted by Gasteiger charge is 2.04. The van der Waals surface area contributed by atoms with E-state index in [1.54, 1.807) is 6.20 Å². The lowest BCUT2D eigenvalue weighted by atomic mass is 10.2. The lowest BCUT2D eigenvalue weighted by Crippen LogP contribution is -1.96. The number of anilines is 1. The highest BCUT2D eigenvalue weighted by atomic mass is 16.5. The van der Waals surface area contributed by atoms with Gasteiger partial charge in [0, 0.05) is 17.3 Å². The number of nitrogens with two attached hydrogens (primary N) is 1. The number of benzene rings is 1. The number of nitrogens with zero attached hydrogens (tertiary/aromatic N) is 1. The number of fused-ring (bicyclic) bond motifs is 1. The Hall–Kier alpha value is -2.03. The number of rotatable bonds is 3. The number of aromatic nitrogens is 1. The zero-order valence-corrected chi connectivity index (χ0v) is 9.18. The maximum absolute atomic E-state index is 5.87. The Morgan fingerprint density at radius 2 is 2.25 bits per heavy atom. The van der Waals surface area contributed by atoms with Gasteiger partial charge < -0.3 is 10.5 Å². The fourth-order valence-electron chi connectivity index (χ4n) is 1.52. The lowest BCUT2D eigenvalue weighted by Gasteiger charge is -2.08. The summed E-state index contributed by atoms with van der Waals surface area (Å²) in [6, 6.07) is 7.51. The topological polar surface area (TPSA) is 48.1 Å². The molecule has 0 aliphatic carbocycles. The minimum Gasteiger partial charge on any atom is -0.487 e. The van der Waals surface area contributed by atoms with Gasteiger partial charge in [-0.1, -0.05) is 12.2 Å². The summed E-state index contributed by atoms with van der Waals surface area (Å²) in [6.07, 6.45) is 5.64. The molecule has 0 saturated heterocycles. The van der Waals surface area contributed by atoms with E-state index in [0.29, 0.717) is 6.61 Å². The van der Waals surface area contributed by atoms with Crippen LogP contribution in [-0.4, -0.2) is 11.6 Å². The fraction of sp³-hybridized carbons (Fsp3) is 0.154. The molecule has 0 aliphatic heterocycles. The Morgan fingerprint density at radius 1 is 1.38 bits per heavy atom. The van der Waals surface area contributed by atoms with Crippen LogP contribution in [0.15, 0.2) is 42.6 Å². The molecule has 0 spiro atoms. The van der Waals surface area contributed by atoms with Gasteiger partial charge in [-0.3, -0.25) is 4.98 Å². The average Bonchev–Trinajstić information content (AvgIpc) is 2.33. The van der Waals surface area contributed by atoms with Gasteiger partial charge in [-0.15, -0.1) is 0 Å². The Labute approximate surface area is 94.6 Å². The summed E-state index contributed by atoms with van der Waals surface area (Å²) in [5.74, 6) is 0.767. The van der Waals surface area contributed by atoms with Crippen LogP contribution in [0.1, 0.15) is 6.92 Å². The number of allylic oxidation sites excluding steroid dienone is 1. The molecule has 0 atom stereocenters. The molecular formula is C13H14N2O. The molecule has 1 aromatic heterocycles. The largest absolute Gasteiger partial charge is 0.487 e. The molecule has 0 bridgehead atoms. The molecule has 0 amide bonds. The molecule has 0 fully saturated rings. The van der Waals surface area contributed by atoms with Crippen molar-refractivity contribution in [1.82, 2.24) is 4.98 Å². The fourth-order valence-corrected chi connectivity index (χ4v) is 1.52. The van der Waals surface area contributed by atoms with Crippen LogP contribution in [0.4, 0.5) is 5.69 Å². The van der Waals surface area contributed by atoms with Crippen LogP contribution in [0.5, 0.6) is 5.75 Å². The third-order valence-electron chi connectivity index (χ3n) is 2.34. The summed E-state index contributed by atoms with van der Waals surface area (Å²) < 4.78 is 5.61. The summed E-state index contributed by atoms with van der Waals surface area (Å²) >= 11 is 0. The van der Waals surface area contributed by atoms with Crippen LogP contribution >= 0.6 is 0 Å². The lowest BCUT2D eigenvalue weighted by molar-refractivity contribution is 0.366. The highest BCUT2D eigenvalue weighted by Crippen LogP contribution is 2.27. The Balaban J connectivity index is 2.42. The maximum atomic E-state index is 5.87. The molecule has 1 heterocycles. The molecular weight excluding hydrogens is 200 g/mol. The second kappa shape index (κ2) is 4.66. The summed E-state index contributed by atoms with van der Waals surface area (Å²) in [6.45, 7) is 2.51. The van der Waals surface area contributed by atoms with Crippen LogP contribution in [0.25, 0.3) is 10.9 Å². The van der Waals surface area contributed by atoms with Gasteiger partial charge in [0.05, 0.1) is 0 Å². The van der Waals surface area contributed by atoms with E-state index >= 15 is 0 Å². The Morgan fingerprint density at radius 3 is 3.06 bits per heavy atom. The van der Waals surface area contributed by atoms with Crippen molar-refractivity contribution >= 4 is 16.6 Å². The Bertz CT molecular complexity index is 520. The third-order valence-corrected chi connectivity index (χ3v) is 2.34. The first-order valence-electron chi connectivity index (χ1n) is 5.20. The van der Waals surface area contributed by atoms with Gasteiger partial charge >= 0.3 is 0 Å². The van der Waals surface area contributed by atoms with E-state index in [4.69, 9.17) is 10.5 Å². The third kappa shape index (κ3) is 1.98. The monoisotopic (exact) mass is 214 g/mol. The number of nitrogen functional groups attached to an aromatic ring is 1. The highest BCUT2D eigenvalue weighted by molar-refractivity contribution is 5.94. The van der Waals surface area contributed by atoms with Crippen molar-refractivity contribution in [3.8, 4) is 5.75 Å². The van der Waals surface area contributed by atoms with Gasteiger partial charge in [-0.25, -0.2) is 0 Å². The minimum absolute atomic E-state index is 0.548. The molecule has 1 aromatic carbocycles. The molecule has 82 valence electrons. The SMILES string of the molecule is C/C=C/COc1ccc(N)c2cccnc12. The number of hydrogen-bond acceptors (Lipinski definition) is 3. The van der Waals surface area contributed by atoms with Crippen molar-refractivity contribution in [3.63, 3.8) is 0 Å². The molecule has 16 heavy (non-hydrogen) atoms. The van der Waals surface area contributed by atoms with Crippen molar-refractivity contribution in [3.05, 3.63) is 42.6 Å². The molecule has 0 aliphatic rings. The number of hydrogen-bond donors (Lipinski definition) is 1. The van der Waals surface area contributed by atoms with E-state index in [2.05, 4.69) is 4.98 Å². The van der Waals surface area contributed by atoms with Gasteiger partial charge in [-0.2, -0.15) is 0 Å². The van der Waals surface area contributed by atoms with E-state index in [9.17, 15) is 0 Å². The molecule has 2 rings (SSSR count). The summed E-state index contributed by atoms with van der Waals surface area (Å²) in [5.41, 5.74) is 7.41. The second-order valence-electron chi connectivity index (χ2n) is 3.43. The van der Waals surface area contributed by atoms with Gasteiger partial charge in [-0.05, 0) is 31.2 Å². The standard InChI is InChI=1S/C13H14N2O/c1-2-3-9-16-12-7-6-11(14)10-5-4-8-15-13(10)12/h2-8H,9,14H2,1H3/b3-2+. The smallest absolute Gasteiger partial charge is 0.146 e. The van der Waals surface area contributed by atoms with E-state index in [0.717, 1.165) is 22.3 Å². The molecule has 0 saturated carbocycles. The molecule has 2 aromatic rings. The van der Waals surface area contributed by atoms with Crippen LogP contribution in [0, 0.1) is 0 Å². The van der Waals surface area contributed by atoms with Gasteiger partial charge in [0.1, 0.15) is 17.9 Å². The molecule has 3 nitrogen and oxygen atoms in total. The van der Waals surface area contributed by atoms with Gasteiger partial charge in [0.15, 0.2) is 0 Å². The van der Waals surface area contributed by atoms with E-state index < -0.39 is 0 Å². The summed E-state index contributed by atoms with van der Waals surface area (Å²) in [7, 11) is 0. The van der Waals surface area contributed by atoms with Crippen LogP contribution < -0.4 is 10.5 Å². The van der Waals surface area contributed by atoms with E-state index in [1.165, 1.54) is 0 Å². The zero-order valence-electron chi connectivity index (χ0n) is 9.18. The quantitative estimate of drug-likeness (QED) is 0.631. The maximum Gasteiger partial charge on any atom is 0.146 e. The Kier molecular flexibility index (Phi) is 3.05. The number of pyridine rings is 1. The van der Waals surface area contributed by atoms with Gasteiger partial charge in [0.25, 0.3) is 0 Å². The van der Waals surface area contributed by atoms with Gasteiger partial charge in [0.2, 0.25) is 0 Å². The van der Waals surface area contributed by atoms with Crippen LogP contribution in [0.3, 0.4) is 0 Å². The number of ether oxygens (including phenoxy) is 1. The summed E-state index contributed by atoms with van der Waals surface area (Å²) in [4.78, 5) is 4.29. The molecule has 0 radical (unpaired) electrons. The van der Waals surface area contributed by atoms with Crippen molar-refractivity contribution in [2.45, 2.75) is 6.92 Å². The van der Waals surface area contributed by atoms with Crippen molar-refractivity contribution < 1.29 is 4.74 Å². The van der Waals surface area contributed by atoms with Crippen LogP contribution in [0.2, 0.25) is 0 Å². The van der Waals surface area contributed by atoms with Crippen molar-refractivity contribution in [1.29, 1.82) is 0 Å². The summed E-state index contributed by atoms with van der Waals surface area (Å²) in [5, 5.41) is 0.931. The van der Waals surface area contributed by atoms with E-state index in [-0.39, 0.29) is 0 Å². The zero-order chi connectivity index (χ0) is 11.4. The molecule has 2 N–H and O–H groups in total. The first-order chi connectivity index (χ1) is 7.83. The normalized spacial score (nSPS) is 11.1. The average molecular weight is 214 g/mol. The van der Waals surface area contributed by atoms with Crippen LogP contribution in [-0.2, 0) is 0 Å². The first-order valence-corrected chi connectivity index (χ1v) is 5.20. The first kappa shape index (κ1) is 10.5. The predicted molar refractivity (Wildman–Crippen MR) is 66.5 cm³/mol. The van der Waals surface area contributed by atoms with Crippen molar-refractivity contribution in [2.24, 2.45) is 0 Å².